The molecule has 81 heavy (non-hydrogen) atoms. The van der Waals surface area contributed by atoms with Crippen LogP contribution in [-0.4, -0.2) is 37.2 Å². The summed E-state index contributed by atoms with van der Waals surface area (Å²) >= 11 is 0. The van der Waals surface area contributed by atoms with Crippen LogP contribution in [0, 0.1) is 0 Å². The molecule has 0 amide bonds. The monoisotopic (exact) mass is 1130 g/mol. The van der Waals surface area contributed by atoms with Gasteiger partial charge in [0, 0.05) is 19.3 Å². The number of ether oxygens (including phenoxy) is 3. The summed E-state index contributed by atoms with van der Waals surface area (Å²) in [6.07, 6.45) is 93.0. The maximum Gasteiger partial charge on any atom is 0.306 e. The van der Waals surface area contributed by atoms with Crippen LogP contribution in [-0.2, 0) is 28.6 Å². The molecule has 0 aliphatic carbocycles. The second-order valence-corrected chi connectivity index (χ2v) is 23.1. The number of esters is 3. The number of allylic oxidation sites excluding steroid dienone is 16. The van der Waals surface area contributed by atoms with E-state index < -0.39 is 6.10 Å². The minimum absolute atomic E-state index is 0.0872. The van der Waals surface area contributed by atoms with E-state index in [1.54, 1.807) is 0 Å². The van der Waals surface area contributed by atoms with Crippen molar-refractivity contribution in [2.24, 2.45) is 0 Å². The van der Waals surface area contributed by atoms with Crippen molar-refractivity contribution >= 4 is 17.9 Å². The quantitative estimate of drug-likeness (QED) is 0.0261. The maximum absolute atomic E-state index is 12.9. The second-order valence-electron chi connectivity index (χ2n) is 23.1. The van der Waals surface area contributed by atoms with Crippen LogP contribution in [0.1, 0.15) is 342 Å². The minimum Gasteiger partial charge on any atom is -0.462 e. The lowest BCUT2D eigenvalue weighted by atomic mass is 10.0. The summed E-state index contributed by atoms with van der Waals surface area (Å²) in [7, 11) is 0. The number of hydrogen-bond acceptors (Lipinski definition) is 6. The molecule has 1 unspecified atom stereocenters. The van der Waals surface area contributed by atoms with Gasteiger partial charge in [0.25, 0.3) is 0 Å². The molecule has 0 fully saturated rings. The zero-order valence-electron chi connectivity index (χ0n) is 53.5. The van der Waals surface area contributed by atoms with Crippen molar-refractivity contribution in [1.29, 1.82) is 0 Å². The molecule has 0 aromatic carbocycles. The van der Waals surface area contributed by atoms with Crippen LogP contribution in [0.3, 0.4) is 0 Å². The Morgan fingerprint density at radius 2 is 0.481 bits per heavy atom. The normalized spacial score (nSPS) is 12.7. The Hall–Kier alpha value is -3.67. The fraction of sp³-hybridized carbons (Fsp3) is 0.747. The van der Waals surface area contributed by atoms with Crippen LogP contribution in [0.15, 0.2) is 97.2 Å². The number of carbonyl (C=O) groups is 3. The highest BCUT2D eigenvalue weighted by Gasteiger charge is 2.19. The average molecular weight is 1130 g/mol. The molecule has 0 N–H and O–H groups in total. The largest absolute Gasteiger partial charge is 0.462 e. The molecule has 0 bridgehead atoms. The van der Waals surface area contributed by atoms with Gasteiger partial charge in [0.15, 0.2) is 6.10 Å². The van der Waals surface area contributed by atoms with Gasteiger partial charge in [-0.25, -0.2) is 0 Å². The Balaban J connectivity index is 4.17. The molecule has 0 aliphatic heterocycles. The summed E-state index contributed by atoms with van der Waals surface area (Å²) in [6, 6.07) is 0. The van der Waals surface area contributed by atoms with Gasteiger partial charge in [-0.1, -0.05) is 317 Å². The number of unbranched alkanes of at least 4 members (excludes halogenated alkanes) is 36. The molecule has 0 aliphatic rings. The summed E-state index contributed by atoms with van der Waals surface area (Å²) < 4.78 is 16.9. The van der Waals surface area contributed by atoms with Gasteiger partial charge in [-0.3, -0.25) is 14.4 Å². The Kier molecular flexibility index (Phi) is 65.7. The Labute approximate surface area is 502 Å². The number of hydrogen-bond donors (Lipinski definition) is 0. The molecule has 6 heteroatoms. The number of rotatable bonds is 63. The Morgan fingerprint density at radius 1 is 0.259 bits per heavy atom. The van der Waals surface area contributed by atoms with Crippen LogP contribution in [0.4, 0.5) is 0 Å². The van der Waals surface area contributed by atoms with Crippen molar-refractivity contribution in [1.82, 2.24) is 0 Å². The zero-order chi connectivity index (χ0) is 58.5. The van der Waals surface area contributed by atoms with Crippen LogP contribution in [0.25, 0.3) is 0 Å². The molecule has 0 rings (SSSR count). The third-order valence-corrected chi connectivity index (χ3v) is 15.1. The highest BCUT2D eigenvalue weighted by Crippen LogP contribution is 2.17. The van der Waals surface area contributed by atoms with Crippen LogP contribution >= 0.6 is 0 Å². The van der Waals surface area contributed by atoms with E-state index in [1.165, 1.54) is 193 Å². The summed E-state index contributed by atoms with van der Waals surface area (Å²) in [5, 5.41) is 0. The molecule has 0 saturated heterocycles. The first-order valence-corrected chi connectivity index (χ1v) is 34.7. The fourth-order valence-corrected chi connectivity index (χ4v) is 9.89. The van der Waals surface area contributed by atoms with Gasteiger partial charge >= 0.3 is 17.9 Å². The van der Waals surface area contributed by atoms with Crippen molar-refractivity contribution < 1.29 is 28.6 Å². The summed E-state index contributed by atoms with van der Waals surface area (Å²) in [4.78, 5) is 38.3. The van der Waals surface area contributed by atoms with Crippen molar-refractivity contribution in [3.63, 3.8) is 0 Å². The van der Waals surface area contributed by atoms with E-state index in [-0.39, 0.29) is 31.1 Å². The molecule has 0 spiro atoms. The maximum atomic E-state index is 12.9. The average Bonchev–Trinajstić information content (AvgIpc) is 3.47. The molecule has 0 aromatic heterocycles. The molecule has 0 radical (unpaired) electrons. The minimum atomic E-state index is -0.793. The predicted octanol–water partition coefficient (Wildman–Crippen LogP) is 24.0. The Bertz CT molecular complexity index is 1580. The third kappa shape index (κ3) is 67.0. The standard InChI is InChI=1S/C75H130O6/c1-4-7-10-13-16-19-22-24-26-28-30-31-32-33-34-35-36-37-38-39-40-41-42-43-45-46-48-50-53-56-59-62-65-68-74(77)80-71-72(70-79-73(76)67-64-61-58-55-52-21-18-15-12-9-6-3)81-75(78)69-66-63-60-57-54-51-49-47-44-29-27-25-23-20-17-14-11-8-5-2/h8,11,17,20,22,24-25,27-28,30,32-33,44,47,51,54,72H,4-7,9-10,12-16,18-19,21,23,26,29,31,34-43,45-46,48-50,52-53,55-71H2,1-3H3/b11-8-,20-17-,24-22-,27-25-,30-28-,33-32-,47-44-,54-51-. The fourth-order valence-electron chi connectivity index (χ4n) is 9.89. The summed E-state index contributed by atoms with van der Waals surface area (Å²) in [6.45, 7) is 6.51. The van der Waals surface area contributed by atoms with E-state index in [4.69, 9.17) is 14.2 Å². The van der Waals surface area contributed by atoms with E-state index in [0.717, 1.165) is 109 Å². The van der Waals surface area contributed by atoms with Gasteiger partial charge in [0.2, 0.25) is 0 Å². The smallest absolute Gasteiger partial charge is 0.306 e. The molecular weight excluding hydrogens is 997 g/mol. The van der Waals surface area contributed by atoms with Gasteiger partial charge < -0.3 is 14.2 Å². The SMILES string of the molecule is CC/C=C\C/C=C\C/C=C\C/C=C\C/C=C\CCCCCC(=O)OC(COC(=O)CCCCCCCCCCCCC)COC(=O)CCCCCCCCCCCCCCCCCCCC/C=C\C/C=C\C/C=C\CCCCCCC. The molecule has 1 atom stereocenters. The van der Waals surface area contributed by atoms with Crippen LogP contribution in [0.5, 0.6) is 0 Å². The van der Waals surface area contributed by atoms with E-state index in [2.05, 4.69) is 118 Å². The van der Waals surface area contributed by atoms with Crippen molar-refractivity contribution in [2.45, 2.75) is 348 Å². The van der Waals surface area contributed by atoms with Crippen molar-refractivity contribution in [3.8, 4) is 0 Å². The first-order valence-electron chi connectivity index (χ1n) is 34.7. The van der Waals surface area contributed by atoms with Crippen LogP contribution in [0.2, 0.25) is 0 Å². The summed E-state index contributed by atoms with van der Waals surface area (Å²) in [5.41, 5.74) is 0. The van der Waals surface area contributed by atoms with E-state index in [1.807, 2.05) is 0 Å². The lowest BCUT2D eigenvalue weighted by molar-refractivity contribution is -0.167. The van der Waals surface area contributed by atoms with Gasteiger partial charge in [0.05, 0.1) is 0 Å². The van der Waals surface area contributed by atoms with Crippen LogP contribution < -0.4 is 0 Å². The first kappa shape index (κ1) is 77.3. The van der Waals surface area contributed by atoms with Crippen molar-refractivity contribution in [2.75, 3.05) is 13.2 Å². The highest BCUT2D eigenvalue weighted by atomic mass is 16.6. The van der Waals surface area contributed by atoms with E-state index >= 15 is 0 Å². The van der Waals surface area contributed by atoms with Gasteiger partial charge in [-0.15, -0.1) is 0 Å². The van der Waals surface area contributed by atoms with Gasteiger partial charge in [-0.05, 0) is 103 Å². The highest BCUT2D eigenvalue weighted by molar-refractivity contribution is 5.71. The lowest BCUT2D eigenvalue weighted by Crippen LogP contribution is -2.30. The second kappa shape index (κ2) is 68.8. The Morgan fingerprint density at radius 3 is 0.765 bits per heavy atom. The van der Waals surface area contributed by atoms with Gasteiger partial charge in [0.1, 0.15) is 13.2 Å². The molecule has 0 aromatic rings. The molecule has 466 valence electrons. The van der Waals surface area contributed by atoms with E-state index in [0.29, 0.717) is 19.3 Å². The summed E-state index contributed by atoms with van der Waals surface area (Å²) in [5.74, 6) is -0.907. The molecule has 0 saturated carbocycles. The molecular formula is C75H130O6. The topological polar surface area (TPSA) is 78.9 Å². The van der Waals surface area contributed by atoms with Gasteiger partial charge in [-0.2, -0.15) is 0 Å². The van der Waals surface area contributed by atoms with E-state index in [9.17, 15) is 14.4 Å². The molecule has 0 heterocycles. The molecule has 6 nitrogen and oxygen atoms in total. The predicted molar refractivity (Wildman–Crippen MR) is 353 cm³/mol. The van der Waals surface area contributed by atoms with Crippen molar-refractivity contribution in [3.05, 3.63) is 97.2 Å². The third-order valence-electron chi connectivity index (χ3n) is 15.1. The first-order chi connectivity index (χ1) is 40.0. The number of carbonyl (C=O) groups excluding carboxylic acids is 3. The zero-order valence-corrected chi connectivity index (χ0v) is 53.5. The lowest BCUT2D eigenvalue weighted by Gasteiger charge is -2.18.